The molecular weight excluding hydrogens is 236 g/mol. The Labute approximate surface area is 120 Å². The van der Waals surface area contributed by atoms with Gasteiger partial charge in [0.05, 0.1) is 5.60 Å². The predicted octanol–water partition coefficient (Wildman–Crippen LogP) is 3.04. The van der Waals surface area contributed by atoms with E-state index in [0.717, 1.165) is 13.1 Å². The quantitative estimate of drug-likeness (QED) is 0.803. The number of rotatable bonds is 6. The lowest BCUT2D eigenvalue weighted by Crippen LogP contribution is -2.55. The van der Waals surface area contributed by atoms with Crippen molar-refractivity contribution in [2.24, 2.45) is 0 Å². The van der Waals surface area contributed by atoms with Gasteiger partial charge in [-0.2, -0.15) is 0 Å². The van der Waals surface area contributed by atoms with Crippen LogP contribution in [0.3, 0.4) is 0 Å². The maximum absolute atomic E-state index is 5.72. The summed E-state index contributed by atoms with van der Waals surface area (Å²) < 4.78 is 5.72. The van der Waals surface area contributed by atoms with E-state index in [-0.39, 0.29) is 11.1 Å². The van der Waals surface area contributed by atoms with E-state index in [4.69, 9.17) is 4.74 Å². The van der Waals surface area contributed by atoms with Gasteiger partial charge in [-0.3, -0.25) is 4.90 Å². The van der Waals surface area contributed by atoms with Crippen LogP contribution < -0.4 is 5.32 Å². The molecular formula is C16H34N2O. The fourth-order valence-corrected chi connectivity index (χ4v) is 2.89. The highest BCUT2D eigenvalue weighted by molar-refractivity contribution is 4.89. The SMILES string of the molecule is CCCC(CNC(C)(C)C)N1CCCC(C)(OC)C1. The summed E-state index contributed by atoms with van der Waals surface area (Å²) in [7, 11) is 1.85. The standard InChI is InChI=1S/C16H34N2O/c1-7-9-14(12-17-15(2,3)4)18-11-8-10-16(5,13-18)19-6/h14,17H,7-13H2,1-6H3. The molecule has 0 aromatic carbocycles. The largest absolute Gasteiger partial charge is 0.377 e. The Hall–Kier alpha value is -0.120. The second-order valence-corrected chi connectivity index (χ2v) is 7.30. The normalized spacial score (nSPS) is 27.5. The van der Waals surface area contributed by atoms with Crippen LogP contribution in [0.4, 0.5) is 0 Å². The molecule has 2 unspecified atom stereocenters. The highest BCUT2D eigenvalue weighted by Gasteiger charge is 2.33. The molecule has 1 saturated heterocycles. The summed E-state index contributed by atoms with van der Waals surface area (Å²) in [6.07, 6.45) is 4.95. The average molecular weight is 270 g/mol. The van der Waals surface area contributed by atoms with Crippen LogP contribution in [0.1, 0.15) is 60.3 Å². The van der Waals surface area contributed by atoms with Gasteiger partial charge in [0.1, 0.15) is 0 Å². The van der Waals surface area contributed by atoms with Crippen LogP contribution in [0.5, 0.6) is 0 Å². The zero-order valence-corrected chi connectivity index (χ0v) is 13.9. The van der Waals surface area contributed by atoms with E-state index in [1.165, 1.54) is 32.2 Å². The van der Waals surface area contributed by atoms with Crippen molar-refractivity contribution in [1.82, 2.24) is 10.2 Å². The molecule has 1 aliphatic rings. The topological polar surface area (TPSA) is 24.5 Å². The minimum absolute atomic E-state index is 0.0476. The van der Waals surface area contributed by atoms with E-state index in [2.05, 4.69) is 44.8 Å². The van der Waals surface area contributed by atoms with Crippen LogP contribution in [-0.2, 0) is 4.74 Å². The van der Waals surface area contributed by atoms with Crippen molar-refractivity contribution >= 4 is 0 Å². The summed E-state index contributed by atoms with van der Waals surface area (Å²) >= 11 is 0. The summed E-state index contributed by atoms with van der Waals surface area (Å²) in [5, 5.41) is 3.67. The summed E-state index contributed by atoms with van der Waals surface area (Å²) in [6, 6.07) is 0.638. The highest BCUT2D eigenvalue weighted by Crippen LogP contribution is 2.26. The highest BCUT2D eigenvalue weighted by atomic mass is 16.5. The van der Waals surface area contributed by atoms with Crippen molar-refractivity contribution in [2.45, 2.75) is 77.5 Å². The molecule has 19 heavy (non-hydrogen) atoms. The van der Waals surface area contributed by atoms with Crippen molar-refractivity contribution in [3.63, 3.8) is 0 Å². The molecule has 3 nitrogen and oxygen atoms in total. The molecule has 2 atom stereocenters. The number of likely N-dealkylation sites (tertiary alicyclic amines) is 1. The van der Waals surface area contributed by atoms with Crippen LogP contribution in [0, 0.1) is 0 Å². The van der Waals surface area contributed by atoms with Crippen molar-refractivity contribution < 1.29 is 4.74 Å². The van der Waals surface area contributed by atoms with Crippen LogP contribution in [0.25, 0.3) is 0 Å². The minimum Gasteiger partial charge on any atom is -0.377 e. The Bertz CT molecular complexity index is 262. The third-order valence-electron chi connectivity index (χ3n) is 4.19. The molecule has 3 heteroatoms. The van der Waals surface area contributed by atoms with Gasteiger partial charge in [-0.15, -0.1) is 0 Å². The van der Waals surface area contributed by atoms with E-state index in [9.17, 15) is 0 Å². The van der Waals surface area contributed by atoms with Gasteiger partial charge >= 0.3 is 0 Å². The number of hydrogen-bond donors (Lipinski definition) is 1. The molecule has 1 rings (SSSR count). The minimum atomic E-state index is 0.0476. The van der Waals surface area contributed by atoms with Crippen molar-refractivity contribution in [2.75, 3.05) is 26.7 Å². The molecule has 0 radical (unpaired) electrons. The second-order valence-electron chi connectivity index (χ2n) is 7.30. The first-order valence-electron chi connectivity index (χ1n) is 7.84. The van der Waals surface area contributed by atoms with Gasteiger partial charge in [-0.05, 0) is 53.5 Å². The van der Waals surface area contributed by atoms with E-state index >= 15 is 0 Å². The van der Waals surface area contributed by atoms with Gasteiger partial charge in [-0.1, -0.05) is 13.3 Å². The third-order valence-corrected chi connectivity index (χ3v) is 4.19. The maximum Gasteiger partial charge on any atom is 0.0777 e. The van der Waals surface area contributed by atoms with Gasteiger partial charge in [0, 0.05) is 31.8 Å². The first kappa shape index (κ1) is 16.9. The molecule has 0 saturated carbocycles. The Morgan fingerprint density at radius 3 is 2.58 bits per heavy atom. The molecule has 1 heterocycles. The van der Waals surface area contributed by atoms with Crippen LogP contribution in [-0.4, -0.2) is 48.8 Å². The van der Waals surface area contributed by atoms with Gasteiger partial charge in [-0.25, -0.2) is 0 Å². The van der Waals surface area contributed by atoms with Crippen molar-refractivity contribution in [1.29, 1.82) is 0 Å². The molecule has 114 valence electrons. The number of nitrogens with one attached hydrogen (secondary N) is 1. The monoisotopic (exact) mass is 270 g/mol. The summed E-state index contributed by atoms with van der Waals surface area (Å²) in [5.41, 5.74) is 0.248. The first-order chi connectivity index (χ1) is 8.79. The summed E-state index contributed by atoms with van der Waals surface area (Å²) in [5.74, 6) is 0. The Kier molecular flexibility index (Phi) is 6.28. The molecule has 0 bridgehead atoms. The number of methoxy groups -OCH3 is 1. The third kappa shape index (κ3) is 5.80. The number of ether oxygens (including phenoxy) is 1. The van der Waals surface area contributed by atoms with Crippen LogP contribution in [0.15, 0.2) is 0 Å². The lowest BCUT2D eigenvalue weighted by Gasteiger charge is -2.44. The average Bonchev–Trinajstić information content (AvgIpc) is 2.33. The lowest BCUT2D eigenvalue weighted by molar-refractivity contribution is -0.0622. The van der Waals surface area contributed by atoms with Crippen LogP contribution in [0.2, 0.25) is 0 Å². The maximum atomic E-state index is 5.72. The molecule has 1 fully saturated rings. The lowest BCUT2D eigenvalue weighted by atomic mass is 9.92. The van der Waals surface area contributed by atoms with Gasteiger partial charge in [0.25, 0.3) is 0 Å². The predicted molar refractivity (Wildman–Crippen MR) is 82.7 cm³/mol. The molecule has 0 spiro atoms. The fraction of sp³-hybridized carbons (Fsp3) is 1.00. The van der Waals surface area contributed by atoms with Crippen molar-refractivity contribution in [3.8, 4) is 0 Å². The number of nitrogens with zero attached hydrogens (tertiary/aromatic N) is 1. The molecule has 0 aromatic heterocycles. The summed E-state index contributed by atoms with van der Waals surface area (Å²) in [4.78, 5) is 2.63. The number of hydrogen-bond acceptors (Lipinski definition) is 3. The second kappa shape index (κ2) is 7.05. The zero-order chi connectivity index (χ0) is 14.5. The van der Waals surface area contributed by atoms with Gasteiger partial charge < -0.3 is 10.1 Å². The molecule has 1 aliphatic heterocycles. The molecule has 0 aliphatic carbocycles. The van der Waals surface area contributed by atoms with E-state index < -0.39 is 0 Å². The molecule has 0 amide bonds. The van der Waals surface area contributed by atoms with E-state index in [1.54, 1.807) is 0 Å². The van der Waals surface area contributed by atoms with Crippen LogP contribution >= 0.6 is 0 Å². The number of piperidine rings is 1. The summed E-state index contributed by atoms with van der Waals surface area (Å²) in [6.45, 7) is 14.6. The van der Waals surface area contributed by atoms with Crippen molar-refractivity contribution in [3.05, 3.63) is 0 Å². The Balaban J connectivity index is 2.59. The smallest absolute Gasteiger partial charge is 0.0777 e. The van der Waals surface area contributed by atoms with Gasteiger partial charge in [0.2, 0.25) is 0 Å². The molecule has 0 aromatic rings. The molecule has 1 N–H and O–H groups in total. The Morgan fingerprint density at radius 1 is 1.37 bits per heavy atom. The van der Waals surface area contributed by atoms with E-state index in [0.29, 0.717) is 6.04 Å². The first-order valence-corrected chi connectivity index (χ1v) is 7.84. The van der Waals surface area contributed by atoms with E-state index in [1.807, 2.05) is 7.11 Å². The zero-order valence-electron chi connectivity index (χ0n) is 13.9. The Morgan fingerprint density at radius 2 is 2.05 bits per heavy atom. The fourth-order valence-electron chi connectivity index (χ4n) is 2.89. The van der Waals surface area contributed by atoms with Gasteiger partial charge in [0.15, 0.2) is 0 Å².